The molecule has 100 valence electrons. The number of hydrogen-bond donors (Lipinski definition) is 3. The molecule has 1 aliphatic heterocycles. The Labute approximate surface area is 107 Å². The fourth-order valence-corrected chi connectivity index (χ4v) is 2.25. The van der Waals surface area contributed by atoms with Crippen molar-refractivity contribution in [1.29, 1.82) is 0 Å². The van der Waals surface area contributed by atoms with E-state index in [-0.39, 0.29) is 0 Å². The fourth-order valence-electron chi connectivity index (χ4n) is 2.25. The van der Waals surface area contributed by atoms with E-state index in [0.29, 0.717) is 23.4 Å². The van der Waals surface area contributed by atoms with E-state index >= 15 is 0 Å². The molecule has 0 spiro atoms. The zero-order valence-electron chi connectivity index (χ0n) is 10.8. The second-order valence-corrected chi connectivity index (χ2v) is 4.41. The average Bonchev–Trinajstić information content (AvgIpc) is 2.81. The van der Waals surface area contributed by atoms with Crippen molar-refractivity contribution < 1.29 is 4.74 Å². The number of nitrogens with one attached hydrogen (secondary N) is 2. The number of nitrogens with zero attached hydrogens (tertiary/aromatic N) is 3. The zero-order chi connectivity index (χ0) is 13.0. The van der Waals surface area contributed by atoms with Crippen LogP contribution in [0.5, 0.6) is 5.75 Å². The van der Waals surface area contributed by atoms with Crippen molar-refractivity contribution in [1.82, 2.24) is 14.9 Å². The van der Waals surface area contributed by atoms with Crippen LogP contribution >= 0.6 is 0 Å². The quantitative estimate of drug-likeness (QED) is 0.512. The van der Waals surface area contributed by atoms with E-state index in [1.807, 2.05) is 0 Å². The molecule has 1 unspecified atom stereocenters. The van der Waals surface area contributed by atoms with E-state index < -0.39 is 0 Å². The van der Waals surface area contributed by atoms with Crippen molar-refractivity contribution in [2.45, 2.75) is 18.9 Å². The Bertz CT molecular complexity index is 399. The summed E-state index contributed by atoms with van der Waals surface area (Å²) >= 11 is 0. The molecule has 0 radical (unpaired) electrons. The summed E-state index contributed by atoms with van der Waals surface area (Å²) in [7, 11) is 3.72. The zero-order valence-corrected chi connectivity index (χ0v) is 10.8. The number of anilines is 2. The monoisotopic (exact) mass is 252 g/mol. The van der Waals surface area contributed by atoms with Gasteiger partial charge in [-0.2, -0.15) is 0 Å². The number of hydrazine groups is 1. The molecule has 0 aliphatic carbocycles. The largest absolute Gasteiger partial charge is 0.490 e. The molecule has 1 aliphatic rings. The first-order valence-corrected chi connectivity index (χ1v) is 6.06. The minimum absolute atomic E-state index is 0.481. The molecule has 1 fully saturated rings. The molecule has 18 heavy (non-hydrogen) atoms. The second-order valence-electron chi connectivity index (χ2n) is 4.41. The third kappa shape index (κ3) is 2.62. The van der Waals surface area contributed by atoms with Crippen LogP contribution in [0.2, 0.25) is 0 Å². The SMILES string of the molecule is COc1c(NN)ncnc1NCC1CCCN1C. The van der Waals surface area contributed by atoms with E-state index in [2.05, 4.69) is 32.7 Å². The van der Waals surface area contributed by atoms with Crippen LogP contribution in [-0.2, 0) is 0 Å². The third-order valence-electron chi connectivity index (χ3n) is 3.32. The molecule has 0 bridgehead atoms. The summed E-state index contributed by atoms with van der Waals surface area (Å²) in [6, 6.07) is 0.541. The van der Waals surface area contributed by atoms with Crippen LogP contribution in [0.1, 0.15) is 12.8 Å². The van der Waals surface area contributed by atoms with Crippen molar-refractivity contribution in [3.8, 4) is 5.75 Å². The second kappa shape index (κ2) is 5.83. The van der Waals surface area contributed by atoms with Gasteiger partial charge in [0.2, 0.25) is 5.75 Å². The van der Waals surface area contributed by atoms with E-state index in [9.17, 15) is 0 Å². The van der Waals surface area contributed by atoms with Crippen LogP contribution < -0.4 is 21.3 Å². The topological polar surface area (TPSA) is 88.3 Å². The number of ether oxygens (including phenoxy) is 1. The highest BCUT2D eigenvalue weighted by molar-refractivity contribution is 5.63. The number of rotatable bonds is 5. The first-order valence-electron chi connectivity index (χ1n) is 6.06. The molecule has 0 saturated carbocycles. The van der Waals surface area contributed by atoms with Gasteiger partial charge in [-0.05, 0) is 26.4 Å². The number of nitrogen functional groups attached to an aromatic ring is 1. The highest BCUT2D eigenvalue weighted by Gasteiger charge is 2.21. The molecule has 1 atom stereocenters. The van der Waals surface area contributed by atoms with E-state index in [4.69, 9.17) is 10.6 Å². The summed E-state index contributed by atoms with van der Waals surface area (Å²) in [6.07, 6.45) is 3.91. The standard InChI is InChI=1S/C11H20N6O/c1-17-5-3-4-8(17)6-13-10-9(18-2)11(16-12)15-7-14-10/h7-8H,3-6,12H2,1-2H3,(H2,13,14,15,16). The predicted octanol–water partition coefficient (Wildman–Crippen LogP) is 0.277. The number of likely N-dealkylation sites (N-methyl/N-ethyl adjacent to an activating group) is 1. The van der Waals surface area contributed by atoms with Crippen LogP contribution in [0.25, 0.3) is 0 Å². The van der Waals surface area contributed by atoms with Crippen molar-refractivity contribution in [2.75, 3.05) is 38.0 Å². The van der Waals surface area contributed by atoms with E-state index in [1.54, 1.807) is 7.11 Å². The lowest BCUT2D eigenvalue weighted by atomic mass is 10.2. The van der Waals surface area contributed by atoms with Crippen LogP contribution in [0.3, 0.4) is 0 Å². The highest BCUT2D eigenvalue weighted by atomic mass is 16.5. The molecular formula is C11H20N6O. The van der Waals surface area contributed by atoms with Crippen molar-refractivity contribution >= 4 is 11.6 Å². The van der Waals surface area contributed by atoms with Gasteiger partial charge in [0.25, 0.3) is 0 Å². The molecule has 0 amide bonds. The molecule has 1 saturated heterocycles. The van der Waals surface area contributed by atoms with Crippen molar-refractivity contribution in [3.05, 3.63) is 6.33 Å². The van der Waals surface area contributed by atoms with E-state index in [0.717, 1.165) is 13.1 Å². The smallest absolute Gasteiger partial charge is 0.205 e. The Morgan fingerprint density at radius 3 is 2.89 bits per heavy atom. The summed E-state index contributed by atoms with van der Waals surface area (Å²) in [6.45, 7) is 2.00. The summed E-state index contributed by atoms with van der Waals surface area (Å²) < 4.78 is 5.27. The highest BCUT2D eigenvalue weighted by Crippen LogP contribution is 2.28. The van der Waals surface area contributed by atoms with Gasteiger partial charge in [0, 0.05) is 12.6 Å². The van der Waals surface area contributed by atoms with Gasteiger partial charge in [-0.15, -0.1) is 0 Å². The number of likely N-dealkylation sites (tertiary alicyclic amines) is 1. The molecule has 1 aromatic heterocycles. The normalized spacial score (nSPS) is 19.8. The number of nitrogens with two attached hydrogens (primary N) is 1. The summed E-state index contributed by atoms with van der Waals surface area (Å²) in [5, 5.41) is 3.30. The minimum Gasteiger partial charge on any atom is -0.490 e. The molecule has 4 N–H and O–H groups in total. The lowest BCUT2D eigenvalue weighted by Gasteiger charge is -2.20. The Morgan fingerprint density at radius 2 is 2.28 bits per heavy atom. The van der Waals surface area contributed by atoms with Gasteiger partial charge in [0.1, 0.15) is 6.33 Å². The van der Waals surface area contributed by atoms with Crippen LogP contribution in [0.4, 0.5) is 11.6 Å². The van der Waals surface area contributed by atoms with E-state index in [1.165, 1.54) is 19.2 Å². The van der Waals surface area contributed by atoms with Crippen LogP contribution in [0.15, 0.2) is 6.33 Å². The predicted molar refractivity (Wildman–Crippen MR) is 70.5 cm³/mol. The van der Waals surface area contributed by atoms with Gasteiger partial charge in [-0.3, -0.25) is 0 Å². The summed E-state index contributed by atoms with van der Waals surface area (Å²) in [5.41, 5.74) is 2.50. The maximum Gasteiger partial charge on any atom is 0.205 e. The molecule has 7 heteroatoms. The molecular weight excluding hydrogens is 232 g/mol. The van der Waals surface area contributed by atoms with Gasteiger partial charge in [0.05, 0.1) is 7.11 Å². The first-order chi connectivity index (χ1) is 8.76. The average molecular weight is 252 g/mol. The lowest BCUT2D eigenvalue weighted by Crippen LogP contribution is -2.31. The number of hydrogen-bond acceptors (Lipinski definition) is 7. The van der Waals surface area contributed by atoms with Gasteiger partial charge in [-0.1, -0.05) is 0 Å². The Hall–Kier alpha value is -1.60. The number of methoxy groups -OCH3 is 1. The molecule has 1 aromatic rings. The summed E-state index contributed by atoms with van der Waals surface area (Å²) in [4.78, 5) is 10.5. The van der Waals surface area contributed by atoms with Crippen LogP contribution in [-0.4, -0.2) is 48.2 Å². The Balaban J connectivity index is 2.04. The van der Waals surface area contributed by atoms with Crippen molar-refractivity contribution in [3.63, 3.8) is 0 Å². The molecule has 7 nitrogen and oxygen atoms in total. The fraction of sp³-hybridized carbons (Fsp3) is 0.636. The Morgan fingerprint density at radius 1 is 1.50 bits per heavy atom. The first kappa shape index (κ1) is 12.8. The van der Waals surface area contributed by atoms with Crippen molar-refractivity contribution in [2.24, 2.45) is 5.84 Å². The maximum absolute atomic E-state index is 5.38. The molecule has 2 rings (SSSR count). The Kier molecular flexibility index (Phi) is 4.16. The maximum atomic E-state index is 5.38. The molecule has 0 aromatic carbocycles. The van der Waals surface area contributed by atoms with Crippen LogP contribution in [0, 0.1) is 0 Å². The number of aromatic nitrogens is 2. The lowest BCUT2D eigenvalue weighted by molar-refractivity contribution is 0.321. The van der Waals surface area contributed by atoms with Gasteiger partial charge in [0.15, 0.2) is 11.6 Å². The van der Waals surface area contributed by atoms with Gasteiger partial charge < -0.3 is 20.4 Å². The summed E-state index contributed by atoms with van der Waals surface area (Å²) in [5.74, 6) is 7.07. The van der Waals surface area contributed by atoms with Gasteiger partial charge in [-0.25, -0.2) is 15.8 Å². The van der Waals surface area contributed by atoms with Gasteiger partial charge >= 0.3 is 0 Å². The molecule has 2 heterocycles. The minimum atomic E-state index is 0.481. The third-order valence-corrected chi connectivity index (χ3v) is 3.32.